The first-order valence-corrected chi connectivity index (χ1v) is 4.97. The first-order chi connectivity index (χ1) is 6.09. The van der Waals surface area contributed by atoms with Crippen molar-refractivity contribution in [2.24, 2.45) is 0 Å². The van der Waals surface area contributed by atoms with Crippen LogP contribution in [0.3, 0.4) is 0 Å². The predicted octanol–water partition coefficient (Wildman–Crippen LogP) is 1.15. The van der Waals surface area contributed by atoms with Gasteiger partial charge in [-0.15, -0.1) is 0 Å². The van der Waals surface area contributed by atoms with Gasteiger partial charge in [-0.25, -0.2) is 9.97 Å². The molecule has 1 unspecified atom stereocenters. The molecule has 4 nitrogen and oxygen atoms in total. The molecule has 1 aromatic heterocycles. The molecule has 0 aromatic carbocycles. The van der Waals surface area contributed by atoms with E-state index in [9.17, 15) is 0 Å². The number of aromatic nitrogens is 2. The van der Waals surface area contributed by atoms with E-state index in [2.05, 4.69) is 32.6 Å². The van der Waals surface area contributed by atoms with Crippen LogP contribution in [0.25, 0.3) is 0 Å². The minimum Gasteiger partial charge on any atom is -0.474 e. The molecule has 1 aromatic rings. The number of aliphatic hydroxyl groups excluding tert-OH is 1. The van der Waals surface area contributed by atoms with Crippen molar-refractivity contribution in [3.63, 3.8) is 0 Å². The smallest absolute Gasteiger partial charge is 0.235 e. The Morgan fingerprint density at radius 3 is 2.92 bits per heavy atom. The van der Waals surface area contributed by atoms with Gasteiger partial charge in [-0.3, -0.25) is 0 Å². The third kappa shape index (κ3) is 3.43. The quantitative estimate of drug-likeness (QED) is 0.850. The second kappa shape index (κ2) is 4.71. The molecule has 0 spiro atoms. The monoisotopic (exact) mass is 294 g/mol. The Hall–Kier alpha value is -0.430. The Labute approximate surface area is 90.5 Å². The number of rotatable bonds is 3. The van der Waals surface area contributed by atoms with Gasteiger partial charge in [-0.2, -0.15) is 0 Å². The molecule has 1 heterocycles. The lowest BCUT2D eigenvalue weighted by Gasteiger charge is -2.08. The highest BCUT2D eigenvalue weighted by Crippen LogP contribution is 2.12. The average Bonchev–Trinajstić information content (AvgIpc) is 2.02. The van der Waals surface area contributed by atoms with Gasteiger partial charge in [0.25, 0.3) is 0 Å². The molecule has 0 saturated heterocycles. The summed E-state index contributed by atoms with van der Waals surface area (Å²) < 4.78 is 6.06. The molecule has 0 saturated carbocycles. The van der Waals surface area contributed by atoms with E-state index in [0.717, 1.165) is 9.39 Å². The molecule has 1 rings (SSSR count). The van der Waals surface area contributed by atoms with Gasteiger partial charge in [0.15, 0.2) is 0 Å². The lowest BCUT2D eigenvalue weighted by atomic mass is 10.4. The van der Waals surface area contributed by atoms with Crippen LogP contribution < -0.4 is 4.74 Å². The van der Waals surface area contributed by atoms with E-state index in [-0.39, 0.29) is 6.61 Å². The lowest BCUT2D eigenvalue weighted by molar-refractivity contribution is 0.119. The fourth-order valence-electron chi connectivity index (χ4n) is 0.783. The summed E-state index contributed by atoms with van der Waals surface area (Å²) in [5.41, 5.74) is 0.743. The third-order valence-electron chi connectivity index (χ3n) is 1.33. The van der Waals surface area contributed by atoms with Crippen LogP contribution in [0.2, 0.25) is 0 Å². The number of aliphatic hydroxyl groups is 1. The molecule has 0 aliphatic rings. The van der Waals surface area contributed by atoms with Crippen molar-refractivity contribution in [1.29, 1.82) is 0 Å². The Morgan fingerprint density at radius 2 is 2.38 bits per heavy atom. The zero-order valence-corrected chi connectivity index (χ0v) is 9.65. The van der Waals surface area contributed by atoms with Gasteiger partial charge in [-0.05, 0) is 36.4 Å². The van der Waals surface area contributed by atoms with E-state index in [1.807, 2.05) is 6.92 Å². The number of hydrogen-bond acceptors (Lipinski definition) is 4. The van der Waals surface area contributed by atoms with Crippen molar-refractivity contribution in [2.75, 3.05) is 6.61 Å². The van der Waals surface area contributed by atoms with E-state index in [1.54, 1.807) is 13.1 Å². The second-order valence-electron chi connectivity index (χ2n) is 2.74. The molecule has 13 heavy (non-hydrogen) atoms. The van der Waals surface area contributed by atoms with Crippen molar-refractivity contribution in [1.82, 2.24) is 9.97 Å². The average molecular weight is 294 g/mol. The maximum atomic E-state index is 8.98. The van der Waals surface area contributed by atoms with Crippen LogP contribution in [0.1, 0.15) is 12.6 Å². The van der Waals surface area contributed by atoms with E-state index < -0.39 is 6.10 Å². The molecule has 0 amide bonds. The van der Waals surface area contributed by atoms with Crippen molar-refractivity contribution in [3.8, 4) is 5.88 Å². The Morgan fingerprint density at radius 1 is 1.69 bits per heavy atom. The van der Waals surface area contributed by atoms with Crippen LogP contribution in [0, 0.1) is 10.6 Å². The van der Waals surface area contributed by atoms with Crippen LogP contribution in [0.4, 0.5) is 0 Å². The first-order valence-electron chi connectivity index (χ1n) is 3.89. The number of ether oxygens (including phenoxy) is 1. The van der Waals surface area contributed by atoms with Gasteiger partial charge in [0.1, 0.15) is 16.0 Å². The summed E-state index contributed by atoms with van der Waals surface area (Å²) in [6.07, 6.45) is 1.14. The summed E-state index contributed by atoms with van der Waals surface area (Å²) >= 11 is 2.09. The normalized spacial score (nSPS) is 12.6. The van der Waals surface area contributed by atoms with E-state index in [0.29, 0.717) is 5.88 Å². The predicted molar refractivity (Wildman–Crippen MR) is 56.7 cm³/mol. The van der Waals surface area contributed by atoms with Gasteiger partial charge < -0.3 is 9.84 Å². The summed E-state index contributed by atoms with van der Waals surface area (Å²) in [7, 11) is 0. The highest BCUT2D eigenvalue weighted by atomic mass is 127. The standard InChI is InChI=1S/C8H11IN2O2/c1-5(12)4-13-8-6(2)11-7(9)3-10-8/h3,5,12H,4H2,1-2H3. The zero-order chi connectivity index (χ0) is 9.84. The molecule has 1 atom stereocenters. The Bertz CT molecular complexity index is 291. The van der Waals surface area contributed by atoms with Crippen molar-refractivity contribution in [2.45, 2.75) is 20.0 Å². The molecule has 1 N–H and O–H groups in total. The first kappa shape index (κ1) is 10.6. The van der Waals surface area contributed by atoms with Crippen LogP contribution >= 0.6 is 22.6 Å². The molecular weight excluding hydrogens is 283 g/mol. The second-order valence-corrected chi connectivity index (χ2v) is 3.85. The van der Waals surface area contributed by atoms with E-state index in [4.69, 9.17) is 9.84 Å². The number of aryl methyl sites for hydroxylation is 1. The van der Waals surface area contributed by atoms with Crippen molar-refractivity contribution >= 4 is 22.6 Å². The SMILES string of the molecule is Cc1nc(I)cnc1OCC(C)O. The largest absolute Gasteiger partial charge is 0.474 e. The van der Waals surface area contributed by atoms with Crippen LogP contribution in [-0.2, 0) is 0 Å². The van der Waals surface area contributed by atoms with Gasteiger partial charge in [-0.1, -0.05) is 0 Å². The fraction of sp³-hybridized carbons (Fsp3) is 0.500. The lowest BCUT2D eigenvalue weighted by Crippen LogP contribution is -2.14. The summed E-state index contributed by atoms with van der Waals surface area (Å²) in [5, 5.41) is 8.98. The molecule has 0 bridgehead atoms. The topological polar surface area (TPSA) is 55.2 Å². The summed E-state index contributed by atoms with van der Waals surface area (Å²) in [5.74, 6) is 0.487. The Kier molecular flexibility index (Phi) is 3.86. The van der Waals surface area contributed by atoms with Gasteiger partial charge >= 0.3 is 0 Å². The third-order valence-corrected chi connectivity index (χ3v) is 1.85. The van der Waals surface area contributed by atoms with E-state index in [1.165, 1.54) is 0 Å². The highest BCUT2D eigenvalue weighted by molar-refractivity contribution is 14.1. The number of hydrogen-bond donors (Lipinski definition) is 1. The summed E-state index contributed by atoms with van der Waals surface area (Å²) in [4.78, 5) is 8.22. The minimum absolute atomic E-state index is 0.246. The maximum absolute atomic E-state index is 8.98. The summed E-state index contributed by atoms with van der Waals surface area (Å²) in [6, 6.07) is 0. The van der Waals surface area contributed by atoms with Crippen LogP contribution in [-0.4, -0.2) is 27.8 Å². The van der Waals surface area contributed by atoms with Gasteiger partial charge in [0, 0.05) is 0 Å². The van der Waals surface area contributed by atoms with Crippen LogP contribution in [0.15, 0.2) is 6.20 Å². The summed E-state index contributed by atoms with van der Waals surface area (Å²) in [6.45, 7) is 3.73. The van der Waals surface area contributed by atoms with E-state index >= 15 is 0 Å². The Balaban J connectivity index is 2.67. The van der Waals surface area contributed by atoms with Gasteiger partial charge in [0.05, 0.1) is 12.3 Å². The number of nitrogens with zero attached hydrogens (tertiary/aromatic N) is 2. The molecule has 0 aliphatic heterocycles. The fourth-order valence-corrected chi connectivity index (χ4v) is 1.28. The number of halogens is 1. The minimum atomic E-state index is -0.486. The van der Waals surface area contributed by atoms with Crippen molar-refractivity contribution < 1.29 is 9.84 Å². The molecule has 0 fully saturated rings. The van der Waals surface area contributed by atoms with Gasteiger partial charge in [0.2, 0.25) is 5.88 Å². The molecule has 5 heteroatoms. The molecule has 0 radical (unpaired) electrons. The zero-order valence-electron chi connectivity index (χ0n) is 7.49. The highest BCUT2D eigenvalue weighted by Gasteiger charge is 2.04. The maximum Gasteiger partial charge on any atom is 0.235 e. The molecule has 0 aliphatic carbocycles. The van der Waals surface area contributed by atoms with Crippen LogP contribution in [0.5, 0.6) is 5.88 Å². The molecular formula is C8H11IN2O2. The molecule has 72 valence electrons. The van der Waals surface area contributed by atoms with Crippen molar-refractivity contribution in [3.05, 3.63) is 15.6 Å².